The largest absolute Gasteiger partial charge is 0.466 e. The van der Waals surface area contributed by atoms with Crippen LogP contribution in [0.2, 0.25) is 0 Å². The van der Waals surface area contributed by atoms with Crippen molar-refractivity contribution < 1.29 is 49.3 Å². The molecule has 0 bridgehead atoms. The standard InChI is InChI=1S/C75H145NO10/c1-3-5-7-9-11-13-14-15-16-17-34-37-40-43-47-51-55-59-63-71(80)84-64-60-56-52-48-44-41-38-35-32-30-28-26-24-22-20-18-19-21-23-25-27-29-31-33-36-39-42-46-50-54-58-62-70(79)76-67(68(78)61-57-53-49-45-12-10-8-6-4-2)66-85-75-74(83)73(82)72(81)69(65-77)86-75/h57,61,67-69,72-75,77-78,81-83H,3-56,58-60,62-66H2,1-2H3,(H,76,79)/b61-57+. The lowest BCUT2D eigenvalue weighted by atomic mass is 9.99. The molecule has 1 aliphatic heterocycles. The van der Waals surface area contributed by atoms with Crippen LogP contribution in [0.4, 0.5) is 0 Å². The van der Waals surface area contributed by atoms with Crippen molar-refractivity contribution in [2.24, 2.45) is 0 Å². The van der Waals surface area contributed by atoms with Crippen LogP contribution in [0.1, 0.15) is 393 Å². The molecule has 0 aromatic rings. The fraction of sp³-hybridized carbons (Fsp3) is 0.947. The van der Waals surface area contributed by atoms with Crippen LogP contribution >= 0.6 is 0 Å². The number of amides is 1. The molecule has 0 aliphatic carbocycles. The maximum atomic E-state index is 13.0. The molecule has 0 aromatic carbocycles. The highest BCUT2D eigenvalue weighted by atomic mass is 16.7. The molecule has 510 valence electrons. The summed E-state index contributed by atoms with van der Waals surface area (Å²) in [5.41, 5.74) is 0. The molecule has 0 spiro atoms. The number of ether oxygens (including phenoxy) is 3. The summed E-state index contributed by atoms with van der Waals surface area (Å²) in [6.07, 6.45) is 71.0. The molecule has 1 rings (SSSR count). The summed E-state index contributed by atoms with van der Waals surface area (Å²) in [6.45, 7) is 4.37. The van der Waals surface area contributed by atoms with Gasteiger partial charge in [0.1, 0.15) is 24.4 Å². The van der Waals surface area contributed by atoms with Gasteiger partial charge in [-0.25, -0.2) is 0 Å². The van der Waals surface area contributed by atoms with Gasteiger partial charge in [0.15, 0.2) is 6.29 Å². The van der Waals surface area contributed by atoms with E-state index >= 15 is 0 Å². The van der Waals surface area contributed by atoms with Gasteiger partial charge in [0, 0.05) is 12.8 Å². The SMILES string of the molecule is CCCCCCCCC/C=C/C(O)C(COC1OC(CO)C(O)C(O)C1O)NC(=O)CCCCCCCCCCCCCCCCCCCCCCCCCCCCCCCCCOC(=O)CCCCCCCCCCCCCCCCCCCC. The number of unbranched alkanes of at least 4 members (excludes halogenated alkanes) is 54. The number of rotatable bonds is 68. The van der Waals surface area contributed by atoms with Crippen LogP contribution in [0.5, 0.6) is 0 Å². The Kier molecular flexibility index (Phi) is 62.2. The summed E-state index contributed by atoms with van der Waals surface area (Å²) in [7, 11) is 0. The molecule has 7 atom stereocenters. The van der Waals surface area contributed by atoms with Gasteiger partial charge in [-0.2, -0.15) is 0 Å². The maximum absolute atomic E-state index is 13.0. The molecule has 1 heterocycles. The molecular formula is C75H145NO10. The van der Waals surface area contributed by atoms with Crippen LogP contribution in [0.15, 0.2) is 12.2 Å². The number of carbonyl (C=O) groups is 2. The molecule has 0 saturated carbocycles. The Labute approximate surface area is 531 Å². The highest BCUT2D eigenvalue weighted by molar-refractivity contribution is 5.76. The second-order valence-electron chi connectivity index (χ2n) is 26.7. The summed E-state index contributed by atoms with van der Waals surface area (Å²) >= 11 is 0. The number of nitrogens with one attached hydrogen (secondary N) is 1. The predicted octanol–water partition coefficient (Wildman–Crippen LogP) is 19.8. The Balaban J connectivity index is 1.86. The van der Waals surface area contributed by atoms with Crippen LogP contribution in [0.3, 0.4) is 0 Å². The van der Waals surface area contributed by atoms with E-state index in [2.05, 4.69) is 19.2 Å². The molecule has 7 unspecified atom stereocenters. The van der Waals surface area contributed by atoms with E-state index in [1.807, 2.05) is 6.08 Å². The van der Waals surface area contributed by atoms with Crippen LogP contribution in [0.25, 0.3) is 0 Å². The van der Waals surface area contributed by atoms with Crippen LogP contribution in [0, 0.1) is 0 Å². The van der Waals surface area contributed by atoms with E-state index in [1.165, 1.54) is 315 Å². The van der Waals surface area contributed by atoms with Crippen molar-refractivity contribution in [2.45, 2.75) is 436 Å². The second-order valence-corrected chi connectivity index (χ2v) is 26.7. The molecule has 0 aromatic heterocycles. The minimum atomic E-state index is -1.57. The highest BCUT2D eigenvalue weighted by Crippen LogP contribution is 2.24. The quantitative estimate of drug-likeness (QED) is 0.0195. The summed E-state index contributed by atoms with van der Waals surface area (Å²) in [6, 6.07) is -0.804. The Bertz CT molecular complexity index is 1430. The topological polar surface area (TPSA) is 175 Å². The van der Waals surface area contributed by atoms with Crippen molar-refractivity contribution in [1.29, 1.82) is 0 Å². The summed E-state index contributed by atoms with van der Waals surface area (Å²) in [5, 5.41) is 54.3. The molecule has 0 radical (unpaired) electrons. The number of aliphatic hydroxyl groups excluding tert-OH is 5. The monoisotopic (exact) mass is 1220 g/mol. The fourth-order valence-electron chi connectivity index (χ4n) is 12.4. The Morgan fingerprint density at radius 3 is 1.08 bits per heavy atom. The van der Waals surface area contributed by atoms with Gasteiger partial charge >= 0.3 is 5.97 Å². The molecule has 1 aliphatic rings. The highest BCUT2D eigenvalue weighted by Gasteiger charge is 2.44. The zero-order valence-electron chi connectivity index (χ0n) is 56.8. The van der Waals surface area contributed by atoms with Crippen molar-refractivity contribution in [2.75, 3.05) is 19.8 Å². The predicted molar refractivity (Wildman–Crippen MR) is 362 cm³/mol. The maximum Gasteiger partial charge on any atom is 0.305 e. The Morgan fingerprint density at radius 1 is 0.419 bits per heavy atom. The minimum Gasteiger partial charge on any atom is -0.466 e. The molecule has 1 amide bonds. The molecule has 86 heavy (non-hydrogen) atoms. The van der Waals surface area contributed by atoms with Gasteiger partial charge in [0.25, 0.3) is 0 Å². The first kappa shape index (κ1) is 82.4. The molecule has 11 heteroatoms. The first-order valence-electron chi connectivity index (χ1n) is 38.0. The van der Waals surface area contributed by atoms with Crippen molar-refractivity contribution in [3.8, 4) is 0 Å². The molecule has 11 nitrogen and oxygen atoms in total. The number of hydrogen-bond donors (Lipinski definition) is 6. The third-order valence-electron chi connectivity index (χ3n) is 18.4. The zero-order valence-corrected chi connectivity index (χ0v) is 56.8. The second kappa shape index (κ2) is 64.9. The Hall–Kier alpha value is -1.60. The van der Waals surface area contributed by atoms with Gasteiger partial charge in [0.2, 0.25) is 5.91 Å². The molecular weight excluding hydrogens is 1070 g/mol. The summed E-state index contributed by atoms with van der Waals surface area (Å²) in [5.74, 6) is -0.159. The van der Waals surface area contributed by atoms with Crippen molar-refractivity contribution >= 4 is 11.9 Å². The van der Waals surface area contributed by atoms with Crippen LogP contribution in [-0.4, -0.2) is 100 Å². The minimum absolute atomic E-state index is 0.0181. The smallest absolute Gasteiger partial charge is 0.305 e. The van der Waals surface area contributed by atoms with Gasteiger partial charge in [-0.3, -0.25) is 9.59 Å². The van der Waals surface area contributed by atoms with E-state index in [4.69, 9.17) is 14.2 Å². The van der Waals surface area contributed by atoms with Gasteiger partial charge in [-0.05, 0) is 32.1 Å². The molecule has 1 saturated heterocycles. The lowest BCUT2D eigenvalue weighted by Gasteiger charge is -2.40. The number of hydrogen-bond acceptors (Lipinski definition) is 10. The lowest BCUT2D eigenvalue weighted by molar-refractivity contribution is -0.302. The van der Waals surface area contributed by atoms with Gasteiger partial charge < -0.3 is 45.1 Å². The summed E-state index contributed by atoms with van der Waals surface area (Å²) < 4.78 is 16.7. The van der Waals surface area contributed by atoms with E-state index < -0.39 is 49.5 Å². The Morgan fingerprint density at radius 2 is 0.733 bits per heavy atom. The van der Waals surface area contributed by atoms with E-state index in [0.717, 1.165) is 51.4 Å². The third kappa shape index (κ3) is 53.1. The van der Waals surface area contributed by atoms with E-state index in [1.54, 1.807) is 6.08 Å². The normalized spacial score (nSPS) is 17.9. The molecule has 6 N–H and O–H groups in total. The number of aliphatic hydroxyl groups is 5. The number of esters is 1. The lowest BCUT2D eigenvalue weighted by Crippen LogP contribution is -2.60. The van der Waals surface area contributed by atoms with Crippen molar-refractivity contribution in [1.82, 2.24) is 5.32 Å². The fourth-order valence-corrected chi connectivity index (χ4v) is 12.4. The first-order valence-corrected chi connectivity index (χ1v) is 38.0. The van der Waals surface area contributed by atoms with E-state index in [9.17, 15) is 35.1 Å². The van der Waals surface area contributed by atoms with Gasteiger partial charge in [-0.1, -0.05) is 360 Å². The molecule has 1 fully saturated rings. The van der Waals surface area contributed by atoms with E-state index in [0.29, 0.717) is 19.4 Å². The first-order chi connectivity index (χ1) is 42.2. The summed E-state index contributed by atoms with van der Waals surface area (Å²) in [4.78, 5) is 25.2. The average Bonchev–Trinajstić information content (AvgIpc) is 3.20. The zero-order chi connectivity index (χ0) is 62.3. The van der Waals surface area contributed by atoms with Crippen molar-refractivity contribution in [3.05, 3.63) is 12.2 Å². The van der Waals surface area contributed by atoms with E-state index in [-0.39, 0.29) is 18.5 Å². The third-order valence-corrected chi connectivity index (χ3v) is 18.4. The van der Waals surface area contributed by atoms with Gasteiger partial charge in [-0.15, -0.1) is 0 Å². The van der Waals surface area contributed by atoms with Crippen LogP contribution in [-0.2, 0) is 23.8 Å². The van der Waals surface area contributed by atoms with Crippen molar-refractivity contribution in [3.63, 3.8) is 0 Å². The number of carbonyl (C=O) groups excluding carboxylic acids is 2. The average molecular weight is 1220 g/mol. The number of allylic oxidation sites excluding steroid dienone is 1. The van der Waals surface area contributed by atoms with Crippen LogP contribution < -0.4 is 5.32 Å². The van der Waals surface area contributed by atoms with Gasteiger partial charge in [0.05, 0.1) is 32.0 Å².